The molecular weight excluding hydrogens is 462 g/mol. The lowest BCUT2D eigenvalue weighted by Crippen LogP contribution is -2.38. The van der Waals surface area contributed by atoms with Gasteiger partial charge >= 0.3 is 0 Å². The molecule has 1 aliphatic heterocycles. The highest BCUT2D eigenvalue weighted by molar-refractivity contribution is 6.02. The molecule has 4 rings (SSSR count). The molecule has 0 spiro atoms. The van der Waals surface area contributed by atoms with Crippen molar-refractivity contribution in [2.45, 2.75) is 51.0 Å². The maximum Gasteiger partial charge on any atom is 0.225 e. The molecule has 0 aromatic heterocycles. The van der Waals surface area contributed by atoms with Crippen LogP contribution in [-0.4, -0.2) is 46.2 Å². The average molecular weight is 496 g/mol. The molecule has 192 valence electrons. The van der Waals surface area contributed by atoms with Gasteiger partial charge in [0.2, 0.25) is 11.7 Å². The molecule has 0 fully saturated rings. The number of para-hydroxylation sites is 1. The van der Waals surface area contributed by atoms with Crippen molar-refractivity contribution < 1.29 is 33.3 Å². The molecule has 2 unspecified atom stereocenters. The molecule has 36 heavy (non-hydrogen) atoms. The normalized spacial score (nSPS) is 19.5. The third-order valence-electron chi connectivity index (χ3n) is 6.65. The van der Waals surface area contributed by atoms with Crippen molar-refractivity contribution in [2.24, 2.45) is 0 Å². The van der Waals surface area contributed by atoms with Gasteiger partial charge in [-0.05, 0) is 49.9 Å². The first kappa shape index (κ1) is 25.4. The summed E-state index contributed by atoms with van der Waals surface area (Å²) < 4.78 is 28.1. The SMILES string of the molecule is COc1cc(C2CC(=O)C3=C(C2)NC(=O)CC3c2cccc(OC)c2OC(C)C)cc(OC)c1OC. The number of methoxy groups -OCH3 is 4. The fourth-order valence-electron chi connectivity index (χ4n) is 5.13. The van der Waals surface area contributed by atoms with Crippen LogP contribution in [-0.2, 0) is 9.59 Å². The van der Waals surface area contributed by atoms with E-state index in [1.165, 1.54) is 0 Å². The molecule has 0 radical (unpaired) electrons. The fraction of sp³-hybridized carbons (Fsp3) is 0.429. The lowest BCUT2D eigenvalue weighted by atomic mass is 9.73. The summed E-state index contributed by atoms with van der Waals surface area (Å²) in [5.41, 5.74) is 2.96. The number of hydrogen-bond acceptors (Lipinski definition) is 7. The molecule has 1 amide bonds. The van der Waals surface area contributed by atoms with Gasteiger partial charge in [-0.1, -0.05) is 12.1 Å². The van der Waals surface area contributed by atoms with Crippen molar-refractivity contribution in [3.63, 3.8) is 0 Å². The maximum atomic E-state index is 13.7. The van der Waals surface area contributed by atoms with Gasteiger partial charge < -0.3 is 29.0 Å². The zero-order valence-corrected chi connectivity index (χ0v) is 21.6. The number of carbonyl (C=O) groups is 2. The van der Waals surface area contributed by atoms with Crippen LogP contribution in [0, 0.1) is 0 Å². The third kappa shape index (κ3) is 4.72. The lowest BCUT2D eigenvalue weighted by molar-refractivity contribution is -0.122. The molecule has 2 atom stereocenters. The number of ketones is 1. The number of rotatable bonds is 8. The maximum absolute atomic E-state index is 13.7. The first-order valence-corrected chi connectivity index (χ1v) is 12.0. The summed E-state index contributed by atoms with van der Waals surface area (Å²) in [7, 11) is 6.25. The van der Waals surface area contributed by atoms with Gasteiger partial charge in [0.1, 0.15) is 0 Å². The Kier molecular flexibility index (Phi) is 7.43. The average Bonchev–Trinajstić information content (AvgIpc) is 2.86. The molecule has 1 N–H and O–H groups in total. The van der Waals surface area contributed by atoms with Crippen molar-refractivity contribution in [1.29, 1.82) is 0 Å². The van der Waals surface area contributed by atoms with Crippen LogP contribution in [0.25, 0.3) is 0 Å². The number of benzene rings is 2. The first-order chi connectivity index (χ1) is 17.3. The first-order valence-electron chi connectivity index (χ1n) is 12.0. The second-order valence-corrected chi connectivity index (χ2v) is 9.23. The number of carbonyl (C=O) groups excluding carboxylic acids is 2. The smallest absolute Gasteiger partial charge is 0.225 e. The van der Waals surface area contributed by atoms with E-state index < -0.39 is 5.92 Å². The topological polar surface area (TPSA) is 92.3 Å². The minimum atomic E-state index is -0.411. The Morgan fingerprint density at radius 1 is 0.833 bits per heavy atom. The summed E-state index contributed by atoms with van der Waals surface area (Å²) in [6.45, 7) is 3.87. The molecule has 2 aliphatic rings. The number of hydrogen-bond donors (Lipinski definition) is 1. The predicted octanol–water partition coefficient (Wildman–Crippen LogP) is 4.51. The van der Waals surface area contributed by atoms with E-state index in [4.69, 9.17) is 23.7 Å². The van der Waals surface area contributed by atoms with Crippen molar-refractivity contribution in [2.75, 3.05) is 28.4 Å². The zero-order valence-electron chi connectivity index (χ0n) is 21.6. The van der Waals surface area contributed by atoms with Crippen LogP contribution in [0.4, 0.5) is 0 Å². The van der Waals surface area contributed by atoms with Crippen LogP contribution in [0.1, 0.15) is 56.1 Å². The standard InChI is InChI=1S/C28H33NO7/c1-15(2)36-27-18(8-7-9-22(27)32-3)19-14-25(31)29-20-10-16(11-21(30)26(19)20)17-12-23(33-4)28(35-6)24(13-17)34-5/h7-9,12-13,15-16,19H,10-11,14H2,1-6H3,(H,29,31). The Morgan fingerprint density at radius 3 is 2.08 bits per heavy atom. The van der Waals surface area contributed by atoms with Gasteiger partial charge in [-0.15, -0.1) is 0 Å². The zero-order chi connectivity index (χ0) is 26.0. The van der Waals surface area contributed by atoms with Gasteiger partial charge in [0, 0.05) is 35.6 Å². The van der Waals surface area contributed by atoms with Gasteiger partial charge in [-0.2, -0.15) is 0 Å². The number of nitrogens with one attached hydrogen (secondary N) is 1. The summed E-state index contributed by atoms with van der Waals surface area (Å²) in [6.07, 6.45) is 0.874. The summed E-state index contributed by atoms with van der Waals surface area (Å²) in [5, 5.41) is 2.98. The molecule has 1 heterocycles. The summed E-state index contributed by atoms with van der Waals surface area (Å²) in [5.74, 6) is 2.00. The summed E-state index contributed by atoms with van der Waals surface area (Å²) in [4.78, 5) is 26.5. The molecule has 2 aromatic rings. The quantitative estimate of drug-likeness (QED) is 0.576. The van der Waals surface area contributed by atoms with Crippen LogP contribution in [0.5, 0.6) is 28.7 Å². The van der Waals surface area contributed by atoms with Gasteiger partial charge in [0.15, 0.2) is 28.8 Å². The van der Waals surface area contributed by atoms with Crippen molar-refractivity contribution >= 4 is 11.7 Å². The van der Waals surface area contributed by atoms with E-state index >= 15 is 0 Å². The van der Waals surface area contributed by atoms with Crippen LogP contribution in [0.3, 0.4) is 0 Å². The van der Waals surface area contributed by atoms with E-state index in [1.807, 2.05) is 44.2 Å². The van der Waals surface area contributed by atoms with Gasteiger partial charge in [-0.25, -0.2) is 0 Å². The number of allylic oxidation sites excluding steroid dienone is 2. The summed E-state index contributed by atoms with van der Waals surface area (Å²) >= 11 is 0. The highest BCUT2D eigenvalue weighted by Gasteiger charge is 2.40. The number of amides is 1. The van der Waals surface area contributed by atoms with Crippen LogP contribution in [0.15, 0.2) is 41.6 Å². The molecule has 8 nitrogen and oxygen atoms in total. The molecule has 1 aliphatic carbocycles. The van der Waals surface area contributed by atoms with E-state index in [1.54, 1.807) is 28.4 Å². The van der Waals surface area contributed by atoms with Crippen molar-refractivity contribution in [1.82, 2.24) is 5.32 Å². The molecule has 0 bridgehead atoms. The Bertz CT molecular complexity index is 1180. The highest BCUT2D eigenvalue weighted by Crippen LogP contribution is 2.48. The second-order valence-electron chi connectivity index (χ2n) is 9.23. The monoisotopic (exact) mass is 495 g/mol. The lowest BCUT2D eigenvalue weighted by Gasteiger charge is -2.35. The number of ether oxygens (including phenoxy) is 5. The second kappa shape index (κ2) is 10.5. The van der Waals surface area contributed by atoms with E-state index in [-0.39, 0.29) is 30.1 Å². The molecule has 0 saturated heterocycles. The summed E-state index contributed by atoms with van der Waals surface area (Å²) in [6, 6.07) is 9.32. The minimum Gasteiger partial charge on any atom is -0.493 e. The van der Waals surface area contributed by atoms with Gasteiger partial charge in [-0.3, -0.25) is 9.59 Å². The van der Waals surface area contributed by atoms with E-state index in [2.05, 4.69) is 5.32 Å². The third-order valence-corrected chi connectivity index (χ3v) is 6.65. The molecule has 0 saturated carbocycles. The molecule has 8 heteroatoms. The minimum absolute atomic E-state index is 0.00156. The van der Waals surface area contributed by atoms with Crippen LogP contribution < -0.4 is 29.0 Å². The van der Waals surface area contributed by atoms with Crippen LogP contribution >= 0.6 is 0 Å². The van der Waals surface area contributed by atoms with Gasteiger partial charge in [0.25, 0.3) is 0 Å². The largest absolute Gasteiger partial charge is 0.493 e. The Hall–Kier alpha value is -3.68. The Labute approximate surface area is 211 Å². The van der Waals surface area contributed by atoms with E-state index in [9.17, 15) is 9.59 Å². The fourth-order valence-corrected chi connectivity index (χ4v) is 5.13. The van der Waals surface area contributed by atoms with E-state index in [0.717, 1.165) is 11.1 Å². The predicted molar refractivity (Wildman–Crippen MR) is 134 cm³/mol. The van der Waals surface area contributed by atoms with Gasteiger partial charge in [0.05, 0.1) is 34.5 Å². The Morgan fingerprint density at radius 2 is 1.50 bits per heavy atom. The molecular formula is C28H33NO7. The van der Waals surface area contributed by atoms with Crippen molar-refractivity contribution in [3.8, 4) is 28.7 Å². The molecule has 2 aromatic carbocycles. The number of Topliss-reactive ketones (excluding diaryl/α,β-unsaturated/α-hetero) is 1. The van der Waals surface area contributed by atoms with Crippen molar-refractivity contribution in [3.05, 3.63) is 52.7 Å². The Balaban J connectivity index is 1.77. The van der Waals surface area contributed by atoms with Crippen LogP contribution in [0.2, 0.25) is 0 Å². The highest BCUT2D eigenvalue weighted by atomic mass is 16.5. The van der Waals surface area contributed by atoms with E-state index in [0.29, 0.717) is 52.9 Å².